The molecule has 2 N–H and O–H groups in total. The zero-order valence-corrected chi connectivity index (χ0v) is 15.5. The number of phenolic OH excluding ortho intramolecular Hbond substituents is 1. The zero-order valence-electron chi connectivity index (χ0n) is 15.5. The summed E-state index contributed by atoms with van der Waals surface area (Å²) in [5.41, 5.74) is 2.87. The van der Waals surface area contributed by atoms with E-state index in [1.54, 1.807) is 19.1 Å². The van der Waals surface area contributed by atoms with E-state index in [9.17, 15) is 9.90 Å². The van der Waals surface area contributed by atoms with E-state index in [0.717, 1.165) is 17.5 Å². The van der Waals surface area contributed by atoms with Gasteiger partial charge in [-0.25, -0.2) is 4.79 Å². The summed E-state index contributed by atoms with van der Waals surface area (Å²) in [5.74, 6) is 0.139. The molecule has 1 atom stereocenters. The van der Waals surface area contributed by atoms with Gasteiger partial charge in [0.05, 0.1) is 7.05 Å². The molecular formula is C23H22NO3+. The van der Waals surface area contributed by atoms with Crippen LogP contribution in [0.5, 0.6) is 5.75 Å². The van der Waals surface area contributed by atoms with Gasteiger partial charge in [-0.1, -0.05) is 36.4 Å². The van der Waals surface area contributed by atoms with Crippen molar-refractivity contribution in [2.75, 3.05) is 7.05 Å². The maximum absolute atomic E-state index is 12.0. The first kappa shape index (κ1) is 17.3. The molecule has 0 aliphatic heterocycles. The number of aryl methyl sites for hydroxylation is 1. The Hall–Kier alpha value is -3.11. The monoisotopic (exact) mass is 360 g/mol. The van der Waals surface area contributed by atoms with Crippen molar-refractivity contribution in [3.05, 3.63) is 87.8 Å². The number of benzene rings is 3. The van der Waals surface area contributed by atoms with Gasteiger partial charge in [0.25, 0.3) is 0 Å². The van der Waals surface area contributed by atoms with E-state index >= 15 is 0 Å². The van der Waals surface area contributed by atoms with E-state index in [-0.39, 0.29) is 11.4 Å². The molecule has 0 aliphatic rings. The Balaban J connectivity index is 1.63. The molecule has 0 saturated heterocycles. The lowest BCUT2D eigenvalue weighted by molar-refractivity contribution is -0.907. The molecule has 3 aromatic carbocycles. The zero-order chi connectivity index (χ0) is 19.0. The second-order valence-corrected chi connectivity index (χ2v) is 7.17. The highest BCUT2D eigenvalue weighted by molar-refractivity contribution is 5.85. The maximum atomic E-state index is 12.0. The van der Waals surface area contributed by atoms with Crippen molar-refractivity contribution in [2.45, 2.75) is 20.0 Å². The fourth-order valence-corrected chi connectivity index (χ4v) is 3.65. The number of nitrogens with one attached hydrogen (secondary N) is 1. The summed E-state index contributed by atoms with van der Waals surface area (Å²) < 4.78 is 5.34. The van der Waals surface area contributed by atoms with Crippen LogP contribution in [-0.4, -0.2) is 12.2 Å². The molecule has 1 heterocycles. The van der Waals surface area contributed by atoms with Gasteiger partial charge >= 0.3 is 5.63 Å². The summed E-state index contributed by atoms with van der Waals surface area (Å²) in [5, 5.41) is 13.2. The van der Waals surface area contributed by atoms with Gasteiger partial charge in [-0.15, -0.1) is 0 Å². The number of quaternary nitrogens is 1. The maximum Gasteiger partial charge on any atom is 0.336 e. The molecule has 0 radical (unpaired) electrons. The first-order valence-electron chi connectivity index (χ1n) is 9.05. The van der Waals surface area contributed by atoms with E-state index in [4.69, 9.17) is 4.42 Å². The first-order chi connectivity index (χ1) is 13.0. The predicted molar refractivity (Wildman–Crippen MR) is 107 cm³/mol. The SMILES string of the molecule is Cc1c(O)ccc2c(C[NH+](C)Cc3ccc4ccccc4c3)cc(=O)oc12. The van der Waals surface area contributed by atoms with Crippen LogP contribution in [0.1, 0.15) is 16.7 Å². The molecule has 27 heavy (non-hydrogen) atoms. The van der Waals surface area contributed by atoms with Crippen LogP contribution in [-0.2, 0) is 13.1 Å². The van der Waals surface area contributed by atoms with Crippen LogP contribution >= 0.6 is 0 Å². The average Bonchev–Trinajstić information content (AvgIpc) is 2.65. The topological polar surface area (TPSA) is 54.9 Å². The van der Waals surface area contributed by atoms with E-state index in [2.05, 4.69) is 43.4 Å². The minimum atomic E-state index is -0.385. The normalized spacial score (nSPS) is 12.5. The van der Waals surface area contributed by atoms with Crippen LogP contribution in [0.4, 0.5) is 0 Å². The largest absolute Gasteiger partial charge is 0.508 e. The molecule has 1 aromatic heterocycles. The number of phenols is 1. The standard InChI is InChI=1S/C23H21NO3/c1-15-21(25)10-9-20-19(12-22(26)27-23(15)20)14-24(2)13-16-7-8-17-5-3-4-6-18(17)11-16/h3-12,25H,13-14H2,1-2H3/p+1. The fraction of sp³-hybridized carbons (Fsp3) is 0.174. The van der Waals surface area contributed by atoms with Crippen LogP contribution in [0, 0.1) is 6.92 Å². The molecule has 4 aromatic rings. The Morgan fingerprint density at radius 3 is 2.56 bits per heavy atom. The van der Waals surface area contributed by atoms with Gasteiger partial charge in [-0.2, -0.15) is 0 Å². The van der Waals surface area contributed by atoms with Crippen molar-refractivity contribution in [1.29, 1.82) is 0 Å². The molecule has 0 aliphatic carbocycles. The number of rotatable bonds is 4. The van der Waals surface area contributed by atoms with Gasteiger partial charge in [0.15, 0.2) is 0 Å². The second-order valence-electron chi connectivity index (χ2n) is 7.17. The number of hydrogen-bond donors (Lipinski definition) is 2. The van der Waals surface area contributed by atoms with Gasteiger partial charge in [0, 0.05) is 28.1 Å². The molecule has 0 amide bonds. The molecule has 4 rings (SSSR count). The van der Waals surface area contributed by atoms with Gasteiger partial charge in [0.2, 0.25) is 0 Å². The van der Waals surface area contributed by atoms with Gasteiger partial charge < -0.3 is 14.4 Å². The van der Waals surface area contributed by atoms with E-state index in [1.165, 1.54) is 21.2 Å². The van der Waals surface area contributed by atoms with Crippen molar-refractivity contribution < 1.29 is 14.4 Å². The molecule has 1 unspecified atom stereocenters. The molecule has 0 spiro atoms. The predicted octanol–water partition coefficient (Wildman–Crippen LogP) is 3.18. The minimum Gasteiger partial charge on any atom is -0.508 e. The Bertz CT molecular complexity index is 1190. The van der Waals surface area contributed by atoms with Crippen molar-refractivity contribution >= 4 is 21.7 Å². The van der Waals surface area contributed by atoms with Crippen LogP contribution in [0.25, 0.3) is 21.7 Å². The Labute approximate surface area is 157 Å². The third kappa shape index (κ3) is 3.44. The van der Waals surface area contributed by atoms with Crippen LogP contribution in [0.15, 0.2) is 69.9 Å². The third-order valence-corrected chi connectivity index (χ3v) is 5.03. The van der Waals surface area contributed by atoms with E-state index in [0.29, 0.717) is 17.7 Å². The van der Waals surface area contributed by atoms with Crippen LogP contribution in [0.3, 0.4) is 0 Å². The van der Waals surface area contributed by atoms with Crippen molar-refractivity contribution in [3.63, 3.8) is 0 Å². The van der Waals surface area contributed by atoms with Crippen molar-refractivity contribution in [3.8, 4) is 5.75 Å². The summed E-state index contributed by atoms with van der Waals surface area (Å²) >= 11 is 0. The number of aromatic hydroxyl groups is 1. The number of fused-ring (bicyclic) bond motifs is 2. The van der Waals surface area contributed by atoms with Crippen LogP contribution in [0.2, 0.25) is 0 Å². The van der Waals surface area contributed by atoms with E-state index < -0.39 is 0 Å². The van der Waals surface area contributed by atoms with E-state index in [1.807, 2.05) is 12.1 Å². The summed E-state index contributed by atoms with van der Waals surface area (Å²) in [7, 11) is 2.11. The minimum absolute atomic E-state index is 0.139. The lowest BCUT2D eigenvalue weighted by Crippen LogP contribution is -3.06. The van der Waals surface area contributed by atoms with Gasteiger partial charge in [-0.05, 0) is 35.9 Å². The molecule has 136 valence electrons. The lowest BCUT2D eigenvalue weighted by atomic mass is 10.0. The molecule has 0 bridgehead atoms. The highest BCUT2D eigenvalue weighted by Gasteiger charge is 2.14. The van der Waals surface area contributed by atoms with Crippen molar-refractivity contribution in [2.24, 2.45) is 0 Å². The van der Waals surface area contributed by atoms with Gasteiger partial charge in [0.1, 0.15) is 24.4 Å². The Kier molecular flexibility index (Phi) is 4.42. The lowest BCUT2D eigenvalue weighted by Gasteiger charge is -2.16. The molecular weight excluding hydrogens is 338 g/mol. The summed E-state index contributed by atoms with van der Waals surface area (Å²) in [6.45, 7) is 3.30. The molecule has 0 saturated carbocycles. The smallest absolute Gasteiger partial charge is 0.336 e. The Morgan fingerprint density at radius 2 is 1.74 bits per heavy atom. The highest BCUT2D eigenvalue weighted by atomic mass is 16.4. The highest BCUT2D eigenvalue weighted by Crippen LogP contribution is 2.27. The average molecular weight is 360 g/mol. The summed E-state index contributed by atoms with van der Waals surface area (Å²) in [6.07, 6.45) is 0. The summed E-state index contributed by atoms with van der Waals surface area (Å²) in [4.78, 5) is 13.3. The molecule has 4 heteroatoms. The fourth-order valence-electron chi connectivity index (χ4n) is 3.65. The van der Waals surface area contributed by atoms with Crippen LogP contribution < -0.4 is 10.5 Å². The molecule has 0 fully saturated rings. The second kappa shape index (κ2) is 6.89. The third-order valence-electron chi connectivity index (χ3n) is 5.03. The van der Waals surface area contributed by atoms with Crippen molar-refractivity contribution in [1.82, 2.24) is 0 Å². The quantitative estimate of drug-likeness (QED) is 0.550. The first-order valence-corrected chi connectivity index (χ1v) is 9.05. The molecule has 4 nitrogen and oxygen atoms in total. The Morgan fingerprint density at radius 1 is 0.963 bits per heavy atom. The van der Waals surface area contributed by atoms with Gasteiger partial charge in [-0.3, -0.25) is 0 Å². The summed E-state index contributed by atoms with van der Waals surface area (Å²) in [6, 6.07) is 19.9. The number of hydrogen-bond acceptors (Lipinski definition) is 3.